The van der Waals surface area contributed by atoms with Crippen LogP contribution in [0.15, 0.2) is 48.5 Å². The molecular weight excluding hydrogens is 350 g/mol. The fourth-order valence-electron chi connectivity index (χ4n) is 3.98. The van der Waals surface area contributed by atoms with Gasteiger partial charge in [-0.3, -0.25) is 9.59 Å². The van der Waals surface area contributed by atoms with Gasteiger partial charge in [0.2, 0.25) is 5.91 Å². The third kappa shape index (κ3) is 3.88. The Hall–Kier alpha value is -2.82. The van der Waals surface area contributed by atoms with Crippen molar-refractivity contribution >= 4 is 17.5 Å². The second-order valence-corrected chi connectivity index (χ2v) is 8.22. The maximum Gasteiger partial charge on any atom is 0.251 e. The van der Waals surface area contributed by atoms with Crippen LogP contribution in [-0.4, -0.2) is 35.8 Å². The van der Waals surface area contributed by atoms with E-state index in [0.717, 1.165) is 42.7 Å². The van der Waals surface area contributed by atoms with Crippen LogP contribution >= 0.6 is 0 Å². The van der Waals surface area contributed by atoms with Crippen LogP contribution in [0.3, 0.4) is 0 Å². The lowest BCUT2D eigenvalue weighted by Crippen LogP contribution is -2.49. The van der Waals surface area contributed by atoms with Crippen molar-refractivity contribution < 1.29 is 9.59 Å². The van der Waals surface area contributed by atoms with Crippen molar-refractivity contribution in [1.29, 1.82) is 0 Å². The number of nitrogens with two attached hydrogens (primary N) is 1. The topological polar surface area (TPSA) is 75.4 Å². The molecule has 0 bridgehead atoms. The highest BCUT2D eigenvalue weighted by atomic mass is 16.2. The van der Waals surface area contributed by atoms with E-state index in [-0.39, 0.29) is 11.8 Å². The van der Waals surface area contributed by atoms with Gasteiger partial charge in [0.1, 0.15) is 6.04 Å². The van der Waals surface area contributed by atoms with Gasteiger partial charge in [0.25, 0.3) is 5.91 Å². The molecule has 1 atom stereocenters. The van der Waals surface area contributed by atoms with Gasteiger partial charge in [-0.2, -0.15) is 0 Å². The van der Waals surface area contributed by atoms with E-state index < -0.39 is 6.04 Å². The minimum absolute atomic E-state index is 0.0161. The average Bonchev–Trinajstić information content (AvgIpc) is 3.47. The Labute approximate surface area is 165 Å². The molecule has 1 aliphatic carbocycles. The molecule has 1 spiro atoms. The number of hydrogen-bond acceptors (Lipinski definition) is 3. The standard InChI is InChI=1S/C23H27N3O2/c1-16(22(28)26-14-12-23(10-11-23)13-15-26)25-21(27)19-4-2-17(3-5-19)18-6-8-20(24)9-7-18/h2-9,16H,10-15,24H2,1H3,(H,25,27)/t16-/m0/s1. The molecular formula is C23H27N3O2. The van der Waals surface area contributed by atoms with Gasteiger partial charge in [0.15, 0.2) is 0 Å². The van der Waals surface area contributed by atoms with Crippen molar-refractivity contribution in [1.82, 2.24) is 10.2 Å². The molecule has 5 nitrogen and oxygen atoms in total. The maximum atomic E-state index is 12.7. The summed E-state index contributed by atoms with van der Waals surface area (Å²) in [7, 11) is 0. The van der Waals surface area contributed by atoms with Crippen LogP contribution in [-0.2, 0) is 4.79 Å². The first-order valence-electron chi connectivity index (χ1n) is 10.0. The zero-order valence-corrected chi connectivity index (χ0v) is 16.3. The Morgan fingerprint density at radius 3 is 2.00 bits per heavy atom. The Kier molecular flexibility index (Phi) is 4.84. The number of nitrogens with one attached hydrogen (secondary N) is 1. The SMILES string of the molecule is C[C@H](NC(=O)c1ccc(-c2ccc(N)cc2)cc1)C(=O)N1CCC2(CC1)CC2. The van der Waals surface area contributed by atoms with Gasteiger partial charge in [-0.1, -0.05) is 24.3 Å². The summed E-state index contributed by atoms with van der Waals surface area (Å²) in [4.78, 5) is 27.1. The minimum atomic E-state index is -0.516. The Bertz CT molecular complexity index is 860. The number of amides is 2. The second kappa shape index (κ2) is 7.30. The summed E-state index contributed by atoms with van der Waals surface area (Å²) >= 11 is 0. The largest absolute Gasteiger partial charge is 0.399 e. The van der Waals surface area contributed by atoms with E-state index in [1.54, 1.807) is 19.1 Å². The smallest absolute Gasteiger partial charge is 0.251 e. The van der Waals surface area contributed by atoms with E-state index in [2.05, 4.69) is 5.32 Å². The number of carbonyl (C=O) groups excluding carboxylic acids is 2. The van der Waals surface area contributed by atoms with Crippen LogP contribution < -0.4 is 11.1 Å². The second-order valence-electron chi connectivity index (χ2n) is 8.22. The number of rotatable bonds is 4. The zero-order valence-electron chi connectivity index (χ0n) is 16.3. The molecule has 0 unspecified atom stereocenters. The molecule has 1 aliphatic heterocycles. The van der Waals surface area contributed by atoms with Gasteiger partial charge in [0.05, 0.1) is 0 Å². The summed E-state index contributed by atoms with van der Waals surface area (Å²) in [5.74, 6) is -0.206. The Morgan fingerprint density at radius 2 is 1.46 bits per heavy atom. The summed E-state index contributed by atoms with van der Waals surface area (Å²) in [6.07, 6.45) is 4.83. The van der Waals surface area contributed by atoms with Gasteiger partial charge in [0, 0.05) is 24.3 Å². The van der Waals surface area contributed by atoms with E-state index in [4.69, 9.17) is 5.73 Å². The van der Waals surface area contributed by atoms with Gasteiger partial charge in [-0.15, -0.1) is 0 Å². The summed E-state index contributed by atoms with van der Waals surface area (Å²) in [6, 6.07) is 14.5. The first kappa shape index (κ1) is 18.5. The Morgan fingerprint density at radius 1 is 0.929 bits per heavy atom. The molecule has 1 saturated carbocycles. The molecule has 146 valence electrons. The summed E-state index contributed by atoms with van der Waals surface area (Å²) in [5, 5.41) is 2.85. The zero-order chi connectivity index (χ0) is 19.7. The fourth-order valence-corrected chi connectivity index (χ4v) is 3.98. The molecule has 5 heteroatoms. The van der Waals surface area contributed by atoms with Crippen LogP contribution in [0.4, 0.5) is 5.69 Å². The number of hydrogen-bond donors (Lipinski definition) is 2. The third-order valence-corrected chi connectivity index (χ3v) is 6.20. The highest BCUT2D eigenvalue weighted by Gasteiger charge is 2.45. The van der Waals surface area contributed by atoms with Gasteiger partial charge in [-0.05, 0) is 73.4 Å². The molecule has 1 heterocycles. The fraction of sp³-hybridized carbons (Fsp3) is 0.391. The van der Waals surface area contributed by atoms with Gasteiger partial charge >= 0.3 is 0 Å². The van der Waals surface area contributed by atoms with Crippen molar-refractivity contribution in [2.24, 2.45) is 5.41 Å². The first-order valence-corrected chi connectivity index (χ1v) is 10.0. The van der Waals surface area contributed by atoms with Crippen molar-refractivity contribution in [2.75, 3.05) is 18.8 Å². The number of carbonyl (C=O) groups is 2. The quantitative estimate of drug-likeness (QED) is 0.801. The van der Waals surface area contributed by atoms with E-state index in [1.807, 2.05) is 41.3 Å². The number of nitrogens with zero attached hydrogens (tertiary/aromatic N) is 1. The lowest BCUT2D eigenvalue weighted by molar-refractivity contribution is -0.134. The van der Waals surface area contributed by atoms with Gasteiger partial charge < -0.3 is 16.0 Å². The predicted molar refractivity (Wildman–Crippen MR) is 111 cm³/mol. The molecule has 2 aromatic carbocycles. The number of nitrogen functional groups attached to an aromatic ring is 1. The van der Waals surface area contributed by atoms with Crippen LogP contribution in [0, 0.1) is 5.41 Å². The van der Waals surface area contributed by atoms with Crippen LogP contribution in [0.25, 0.3) is 11.1 Å². The monoisotopic (exact) mass is 377 g/mol. The van der Waals surface area contributed by atoms with E-state index in [0.29, 0.717) is 11.0 Å². The Balaban J connectivity index is 1.34. The number of piperidine rings is 1. The highest BCUT2D eigenvalue weighted by molar-refractivity contribution is 5.97. The average molecular weight is 377 g/mol. The van der Waals surface area contributed by atoms with E-state index in [1.165, 1.54) is 12.8 Å². The molecule has 2 aliphatic rings. The number of benzene rings is 2. The molecule has 1 saturated heterocycles. The van der Waals surface area contributed by atoms with Crippen molar-refractivity contribution in [3.8, 4) is 11.1 Å². The maximum absolute atomic E-state index is 12.7. The van der Waals surface area contributed by atoms with E-state index >= 15 is 0 Å². The summed E-state index contributed by atoms with van der Waals surface area (Å²) in [5.41, 5.74) is 9.60. The summed E-state index contributed by atoms with van der Waals surface area (Å²) < 4.78 is 0. The lowest BCUT2D eigenvalue weighted by atomic mass is 9.93. The molecule has 0 radical (unpaired) electrons. The molecule has 3 N–H and O–H groups in total. The van der Waals surface area contributed by atoms with Crippen molar-refractivity contribution in [3.63, 3.8) is 0 Å². The molecule has 4 rings (SSSR count). The minimum Gasteiger partial charge on any atom is -0.399 e. The summed E-state index contributed by atoms with van der Waals surface area (Å²) in [6.45, 7) is 3.40. The highest BCUT2D eigenvalue weighted by Crippen LogP contribution is 2.53. The molecule has 28 heavy (non-hydrogen) atoms. The van der Waals surface area contributed by atoms with Crippen molar-refractivity contribution in [3.05, 3.63) is 54.1 Å². The lowest BCUT2D eigenvalue weighted by Gasteiger charge is -2.33. The van der Waals surface area contributed by atoms with Crippen molar-refractivity contribution in [2.45, 2.75) is 38.6 Å². The third-order valence-electron chi connectivity index (χ3n) is 6.20. The molecule has 2 fully saturated rings. The molecule has 0 aromatic heterocycles. The number of likely N-dealkylation sites (tertiary alicyclic amines) is 1. The van der Waals surface area contributed by atoms with Crippen LogP contribution in [0.2, 0.25) is 0 Å². The van der Waals surface area contributed by atoms with Gasteiger partial charge in [-0.25, -0.2) is 0 Å². The van der Waals surface area contributed by atoms with Crippen LogP contribution in [0.5, 0.6) is 0 Å². The normalized spacial score (nSPS) is 18.5. The van der Waals surface area contributed by atoms with E-state index in [9.17, 15) is 9.59 Å². The molecule has 2 aromatic rings. The number of anilines is 1. The molecule has 2 amide bonds. The van der Waals surface area contributed by atoms with Crippen LogP contribution in [0.1, 0.15) is 43.0 Å². The first-order chi connectivity index (χ1) is 13.5. The predicted octanol–water partition coefficient (Wildman–Crippen LogP) is 3.46.